The molecule has 1 fully saturated rings. The van der Waals surface area contributed by atoms with E-state index < -0.39 is 61.9 Å². The second kappa shape index (κ2) is 10.6. The Labute approximate surface area is 229 Å². The van der Waals surface area contributed by atoms with Crippen LogP contribution in [0, 0.1) is 11.6 Å². The zero-order chi connectivity index (χ0) is 29.6. The average Bonchev–Trinajstić information content (AvgIpc) is 3.37. The van der Waals surface area contributed by atoms with Gasteiger partial charge in [-0.1, -0.05) is 48.7 Å². The van der Waals surface area contributed by atoms with E-state index >= 15 is 0 Å². The highest BCUT2D eigenvalue weighted by Gasteiger charge is 2.73. The van der Waals surface area contributed by atoms with Gasteiger partial charge >= 0.3 is 12.4 Å². The van der Waals surface area contributed by atoms with E-state index in [1.807, 2.05) is 0 Å². The molecule has 13 heteroatoms. The van der Waals surface area contributed by atoms with Gasteiger partial charge in [-0.25, -0.2) is 17.2 Å². The van der Waals surface area contributed by atoms with Gasteiger partial charge in [0.15, 0.2) is 9.84 Å². The van der Waals surface area contributed by atoms with Crippen molar-refractivity contribution < 1.29 is 48.3 Å². The van der Waals surface area contributed by atoms with Crippen molar-refractivity contribution in [2.24, 2.45) is 0 Å². The van der Waals surface area contributed by atoms with E-state index in [1.54, 1.807) is 0 Å². The van der Waals surface area contributed by atoms with Crippen LogP contribution in [0.4, 0.5) is 35.1 Å². The van der Waals surface area contributed by atoms with E-state index in [0.29, 0.717) is 25.0 Å². The highest BCUT2D eigenvalue weighted by Crippen LogP contribution is 2.54. The minimum atomic E-state index is -6.05. The van der Waals surface area contributed by atoms with E-state index in [4.69, 9.17) is 11.6 Å². The fraction of sp³-hybridized carbons (Fsp3) is 0.333. The van der Waals surface area contributed by atoms with Crippen molar-refractivity contribution >= 4 is 21.4 Å². The van der Waals surface area contributed by atoms with E-state index in [0.717, 1.165) is 54.6 Å². The summed E-state index contributed by atoms with van der Waals surface area (Å²) in [6.07, 6.45) is -11.1. The molecule has 0 saturated heterocycles. The van der Waals surface area contributed by atoms with Crippen LogP contribution in [0.15, 0.2) is 71.6 Å². The fourth-order valence-electron chi connectivity index (χ4n) is 5.08. The first-order valence-corrected chi connectivity index (χ1v) is 13.7. The molecule has 3 aromatic carbocycles. The number of ether oxygens (including phenoxy) is 1. The molecule has 216 valence electrons. The maximum absolute atomic E-state index is 14.3. The van der Waals surface area contributed by atoms with Crippen molar-refractivity contribution in [3.05, 3.63) is 100 Å². The maximum atomic E-state index is 14.3. The third-order valence-electron chi connectivity index (χ3n) is 7.12. The molecule has 0 atom stereocenters. The van der Waals surface area contributed by atoms with Crippen molar-refractivity contribution in [2.45, 2.75) is 59.9 Å². The smallest absolute Gasteiger partial charge is 0.349 e. The first-order valence-electron chi connectivity index (χ1n) is 11.9. The molecule has 1 aliphatic carbocycles. The van der Waals surface area contributed by atoms with E-state index in [-0.39, 0.29) is 28.3 Å². The quantitative estimate of drug-likeness (QED) is 0.199. The summed E-state index contributed by atoms with van der Waals surface area (Å²) in [7, 11) is -4.23. The number of sulfone groups is 1. The number of halogens is 9. The van der Waals surface area contributed by atoms with Crippen LogP contribution in [0.3, 0.4) is 0 Å². The molecule has 1 saturated carbocycles. The molecule has 0 spiro atoms. The van der Waals surface area contributed by atoms with Crippen LogP contribution in [-0.4, -0.2) is 20.8 Å². The summed E-state index contributed by atoms with van der Waals surface area (Å²) in [5.74, 6) is -1.80. The van der Waals surface area contributed by atoms with Gasteiger partial charge in [-0.3, -0.25) is 0 Å². The third kappa shape index (κ3) is 5.09. The molecule has 1 aliphatic rings. The fourth-order valence-corrected chi connectivity index (χ4v) is 7.49. The summed E-state index contributed by atoms with van der Waals surface area (Å²) < 4.78 is 143. The van der Waals surface area contributed by atoms with E-state index in [2.05, 4.69) is 4.74 Å². The largest absolute Gasteiger partial charge is 0.430 e. The first kappa shape index (κ1) is 30.3. The number of benzene rings is 3. The van der Waals surface area contributed by atoms with Crippen molar-refractivity contribution in [2.75, 3.05) is 0 Å². The molecule has 4 rings (SSSR count). The number of alkyl halides is 6. The molecule has 0 bridgehead atoms. The highest BCUT2D eigenvalue weighted by atomic mass is 35.5. The Bertz CT molecular complexity index is 1450. The minimum absolute atomic E-state index is 0.0165. The van der Waals surface area contributed by atoms with Gasteiger partial charge in [0.05, 0.1) is 11.5 Å². The standard InChI is InChI=1S/C27H21ClF8O3S/c28-20-7-12-23(30)17(15-20)16-39-25(26(31,32)33,27(34,35)36)19-5-3-18(4-6-19)24(13-1-2-14-24)40(37,38)22-10-8-21(29)9-11-22/h3-12,15H,1-2,13-14,16H2. The van der Waals surface area contributed by atoms with Crippen molar-refractivity contribution in [3.8, 4) is 0 Å². The molecule has 0 amide bonds. The number of rotatable bonds is 7. The van der Waals surface area contributed by atoms with Gasteiger partial charge in [0.2, 0.25) is 0 Å². The summed E-state index contributed by atoms with van der Waals surface area (Å²) in [5, 5.41) is -0.127. The van der Waals surface area contributed by atoms with Crippen LogP contribution < -0.4 is 0 Å². The molecule has 0 aliphatic heterocycles. The first-order chi connectivity index (χ1) is 18.5. The van der Waals surface area contributed by atoms with Gasteiger partial charge in [-0.2, -0.15) is 26.3 Å². The van der Waals surface area contributed by atoms with Gasteiger partial charge in [-0.15, -0.1) is 0 Å². The zero-order valence-electron chi connectivity index (χ0n) is 20.4. The summed E-state index contributed by atoms with van der Waals surface area (Å²) >= 11 is 5.71. The van der Waals surface area contributed by atoms with Crippen molar-refractivity contribution in [1.29, 1.82) is 0 Å². The van der Waals surface area contributed by atoms with Crippen molar-refractivity contribution in [3.63, 3.8) is 0 Å². The van der Waals surface area contributed by atoms with E-state index in [1.165, 1.54) is 0 Å². The monoisotopic (exact) mass is 612 g/mol. The van der Waals surface area contributed by atoms with Gasteiger partial charge in [-0.05, 0) is 60.9 Å². The third-order valence-corrected chi connectivity index (χ3v) is 9.92. The molecule has 40 heavy (non-hydrogen) atoms. The topological polar surface area (TPSA) is 43.4 Å². The Morgan fingerprint density at radius 2 is 1.35 bits per heavy atom. The van der Waals surface area contributed by atoms with Gasteiger partial charge in [0.25, 0.3) is 5.60 Å². The molecule has 0 aromatic heterocycles. The molecular weight excluding hydrogens is 592 g/mol. The molecule has 0 N–H and O–H groups in total. The molecule has 0 unspecified atom stereocenters. The zero-order valence-corrected chi connectivity index (χ0v) is 22.0. The van der Waals surface area contributed by atoms with Crippen molar-refractivity contribution in [1.82, 2.24) is 0 Å². The van der Waals surface area contributed by atoms with E-state index in [9.17, 15) is 43.5 Å². The Balaban J connectivity index is 1.81. The predicted octanol–water partition coefficient (Wildman–Crippen LogP) is 8.40. The molecule has 0 radical (unpaired) electrons. The van der Waals surface area contributed by atoms with Gasteiger partial charge in [0.1, 0.15) is 16.4 Å². The lowest BCUT2D eigenvalue weighted by molar-refractivity contribution is -0.392. The summed E-state index contributed by atoms with van der Waals surface area (Å²) in [4.78, 5) is -0.230. The predicted molar refractivity (Wildman–Crippen MR) is 130 cm³/mol. The van der Waals surface area contributed by atoms with Crippen LogP contribution in [-0.2, 0) is 31.5 Å². The highest BCUT2D eigenvalue weighted by molar-refractivity contribution is 7.92. The summed E-state index contributed by atoms with van der Waals surface area (Å²) in [6.45, 7) is -1.42. The van der Waals surface area contributed by atoms with Gasteiger partial charge in [0, 0.05) is 16.1 Å². The SMILES string of the molecule is O=S(=O)(c1ccc(F)cc1)C1(c2ccc(C(OCc3cc(Cl)ccc3F)(C(F)(F)F)C(F)(F)F)cc2)CCCC1. The Morgan fingerprint density at radius 3 is 1.88 bits per heavy atom. The number of hydrogen-bond acceptors (Lipinski definition) is 3. The van der Waals surface area contributed by atoms with Crippen LogP contribution in [0.25, 0.3) is 0 Å². The summed E-state index contributed by atoms with van der Waals surface area (Å²) in [5.41, 5.74) is -6.88. The Hall–Kier alpha value is -2.70. The normalized spacial score (nSPS) is 16.3. The minimum Gasteiger partial charge on any atom is -0.349 e. The van der Waals surface area contributed by atoms with Gasteiger partial charge < -0.3 is 4.74 Å². The summed E-state index contributed by atoms with van der Waals surface area (Å²) in [6, 6.07) is 9.53. The Morgan fingerprint density at radius 1 is 0.800 bits per heavy atom. The molecule has 3 nitrogen and oxygen atoms in total. The second-order valence-corrected chi connectivity index (χ2v) is 12.1. The lowest BCUT2D eigenvalue weighted by Gasteiger charge is -2.38. The van der Waals surface area contributed by atoms with Crippen LogP contribution in [0.1, 0.15) is 42.4 Å². The maximum Gasteiger partial charge on any atom is 0.430 e. The molecule has 3 aromatic rings. The lowest BCUT2D eigenvalue weighted by Crippen LogP contribution is -2.55. The van der Waals surface area contributed by atoms with Crippen LogP contribution >= 0.6 is 11.6 Å². The second-order valence-electron chi connectivity index (χ2n) is 9.44. The molecule has 0 heterocycles. The average molecular weight is 613 g/mol. The molecular formula is C27H21ClF8O3S. The van der Waals surface area contributed by atoms with Crippen LogP contribution in [0.5, 0.6) is 0 Å². The lowest BCUT2D eigenvalue weighted by atomic mass is 9.88. The number of hydrogen-bond donors (Lipinski definition) is 0. The Kier molecular flexibility index (Phi) is 8.03. The van der Waals surface area contributed by atoms with Crippen LogP contribution in [0.2, 0.25) is 5.02 Å².